The van der Waals surface area contributed by atoms with Crippen molar-refractivity contribution in [1.82, 2.24) is 15.2 Å². The van der Waals surface area contributed by atoms with Gasteiger partial charge in [-0.3, -0.25) is 9.88 Å². The van der Waals surface area contributed by atoms with Gasteiger partial charge in [-0.1, -0.05) is 26.0 Å². The summed E-state index contributed by atoms with van der Waals surface area (Å²) in [4.78, 5) is 8.40. The number of hydrogen-bond acceptors (Lipinski definition) is 4. The Hall–Kier alpha value is -1.23. The molecule has 0 aliphatic carbocycles. The minimum Gasteiger partial charge on any atom is -0.313 e. The highest BCUT2D eigenvalue weighted by molar-refractivity contribution is 7.09. The average molecular weight is 289 g/mol. The Morgan fingerprint density at radius 1 is 1.20 bits per heavy atom. The second kappa shape index (κ2) is 8.15. The summed E-state index contributed by atoms with van der Waals surface area (Å²) in [5.74, 6) is 0. The van der Waals surface area contributed by atoms with Crippen LogP contribution >= 0.6 is 11.3 Å². The maximum atomic E-state index is 4.57. The van der Waals surface area contributed by atoms with E-state index in [1.54, 1.807) is 0 Å². The standard InChI is InChI=1S/C16H23N3S/c1-3-17-10-14-7-8-15(18-11-14)12-19(4-2)13-16-6-5-9-20-16/h5-9,11,17H,3-4,10,12-13H2,1-2H3. The van der Waals surface area contributed by atoms with Crippen LogP contribution in [0.1, 0.15) is 30.0 Å². The molecule has 1 N–H and O–H groups in total. The molecule has 2 rings (SSSR count). The summed E-state index contributed by atoms with van der Waals surface area (Å²) in [5, 5.41) is 5.45. The molecule has 0 radical (unpaired) electrons. The van der Waals surface area contributed by atoms with E-state index in [0.29, 0.717) is 0 Å². The topological polar surface area (TPSA) is 28.2 Å². The van der Waals surface area contributed by atoms with Gasteiger partial charge in [0.15, 0.2) is 0 Å². The maximum Gasteiger partial charge on any atom is 0.0544 e. The number of pyridine rings is 1. The molecule has 108 valence electrons. The zero-order valence-corrected chi connectivity index (χ0v) is 13.1. The Morgan fingerprint density at radius 3 is 2.70 bits per heavy atom. The van der Waals surface area contributed by atoms with Gasteiger partial charge in [-0.2, -0.15) is 0 Å². The molecule has 0 unspecified atom stereocenters. The van der Waals surface area contributed by atoms with Crippen LogP contribution in [0.3, 0.4) is 0 Å². The van der Waals surface area contributed by atoms with E-state index in [2.05, 4.69) is 58.7 Å². The lowest BCUT2D eigenvalue weighted by atomic mass is 10.2. The van der Waals surface area contributed by atoms with E-state index >= 15 is 0 Å². The Balaban J connectivity index is 1.90. The van der Waals surface area contributed by atoms with Gasteiger partial charge in [0.05, 0.1) is 5.69 Å². The molecule has 0 aliphatic rings. The quantitative estimate of drug-likeness (QED) is 0.808. The highest BCUT2D eigenvalue weighted by Gasteiger charge is 2.06. The Bertz CT molecular complexity index is 479. The molecular formula is C16H23N3S. The van der Waals surface area contributed by atoms with Crippen molar-refractivity contribution in [1.29, 1.82) is 0 Å². The predicted octanol–water partition coefficient (Wildman–Crippen LogP) is 3.27. The monoisotopic (exact) mass is 289 g/mol. The lowest BCUT2D eigenvalue weighted by molar-refractivity contribution is 0.270. The van der Waals surface area contributed by atoms with E-state index in [9.17, 15) is 0 Å². The van der Waals surface area contributed by atoms with E-state index in [0.717, 1.165) is 38.4 Å². The Morgan fingerprint density at radius 2 is 2.10 bits per heavy atom. The molecule has 3 nitrogen and oxygen atoms in total. The van der Waals surface area contributed by atoms with E-state index < -0.39 is 0 Å². The van der Waals surface area contributed by atoms with Gasteiger partial charge < -0.3 is 5.32 Å². The molecule has 0 spiro atoms. The number of thiophene rings is 1. The molecule has 2 aromatic heterocycles. The lowest BCUT2D eigenvalue weighted by Gasteiger charge is -2.19. The largest absolute Gasteiger partial charge is 0.313 e. The number of nitrogens with zero attached hydrogens (tertiary/aromatic N) is 2. The van der Waals surface area contributed by atoms with Gasteiger partial charge in [-0.15, -0.1) is 11.3 Å². The zero-order valence-electron chi connectivity index (χ0n) is 12.3. The van der Waals surface area contributed by atoms with Crippen LogP contribution < -0.4 is 5.32 Å². The summed E-state index contributed by atoms with van der Waals surface area (Å²) in [6.07, 6.45) is 1.98. The number of aromatic nitrogens is 1. The van der Waals surface area contributed by atoms with Gasteiger partial charge in [0.2, 0.25) is 0 Å². The van der Waals surface area contributed by atoms with Crippen LogP contribution in [0, 0.1) is 0 Å². The van der Waals surface area contributed by atoms with Gasteiger partial charge in [0.25, 0.3) is 0 Å². The average Bonchev–Trinajstić information content (AvgIpc) is 2.99. The van der Waals surface area contributed by atoms with Crippen LogP contribution in [0.4, 0.5) is 0 Å². The van der Waals surface area contributed by atoms with Crippen molar-refractivity contribution in [2.24, 2.45) is 0 Å². The number of rotatable bonds is 8. The van der Waals surface area contributed by atoms with Crippen molar-refractivity contribution < 1.29 is 0 Å². The zero-order chi connectivity index (χ0) is 14.2. The Kier molecular flexibility index (Phi) is 6.18. The minimum absolute atomic E-state index is 0.899. The first-order chi connectivity index (χ1) is 9.81. The van der Waals surface area contributed by atoms with Crippen molar-refractivity contribution in [2.75, 3.05) is 13.1 Å². The summed E-state index contributed by atoms with van der Waals surface area (Å²) < 4.78 is 0. The minimum atomic E-state index is 0.899. The van der Waals surface area contributed by atoms with Crippen molar-refractivity contribution in [3.8, 4) is 0 Å². The molecule has 2 heterocycles. The molecule has 0 fully saturated rings. The third-order valence-electron chi connectivity index (χ3n) is 3.26. The molecule has 2 aromatic rings. The molecule has 0 saturated heterocycles. The van der Waals surface area contributed by atoms with Crippen LogP contribution in [0.25, 0.3) is 0 Å². The van der Waals surface area contributed by atoms with Crippen molar-refractivity contribution in [3.63, 3.8) is 0 Å². The second-order valence-electron chi connectivity index (χ2n) is 4.82. The first-order valence-corrected chi connectivity index (χ1v) is 8.09. The fourth-order valence-corrected chi connectivity index (χ4v) is 2.80. The van der Waals surface area contributed by atoms with Crippen molar-refractivity contribution in [3.05, 3.63) is 52.0 Å². The highest BCUT2D eigenvalue weighted by Crippen LogP contribution is 2.13. The fourth-order valence-electron chi connectivity index (χ4n) is 2.05. The van der Waals surface area contributed by atoms with E-state index in [-0.39, 0.29) is 0 Å². The molecule has 0 atom stereocenters. The van der Waals surface area contributed by atoms with Gasteiger partial charge in [0, 0.05) is 30.7 Å². The predicted molar refractivity (Wildman–Crippen MR) is 85.7 cm³/mol. The van der Waals surface area contributed by atoms with E-state index in [1.807, 2.05) is 17.5 Å². The molecular weight excluding hydrogens is 266 g/mol. The van der Waals surface area contributed by atoms with Crippen molar-refractivity contribution >= 4 is 11.3 Å². The molecule has 0 saturated carbocycles. The first-order valence-electron chi connectivity index (χ1n) is 7.21. The third kappa shape index (κ3) is 4.71. The van der Waals surface area contributed by atoms with E-state index in [1.165, 1.54) is 10.4 Å². The summed E-state index contributed by atoms with van der Waals surface area (Å²) in [6.45, 7) is 9.17. The second-order valence-corrected chi connectivity index (χ2v) is 5.85. The van der Waals surface area contributed by atoms with Crippen LogP contribution in [0.5, 0.6) is 0 Å². The van der Waals surface area contributed by atoms with Gasteiger partial charge in [0.1, 0.15) is 0 Å². The summed E-state index contributed by atoms with van der Waals surface area (Å²) in [7, 11) is 0. The smallest absolute Gasteiger partial charge is 0.0544 e. The normalized spacial score (nSPS) is 11.2. The summed E-state index contributed by atoms with van der Waals surface area (Å²) in [5.41, 5.74) is 2.39. The Labute approximate surface area is 125 Å². The SMILES string of the molecule is CCNCc1ccc(CN(CC)Cc2cccs2)nc1. The van der Waals surface area contributed by atoms with Gasteiger partial charge in [-0.05, 0) is 36.2 Å². The van der Waals surface area contributed by atoms with Crippen LogP contribution in [0.15, 0.2) is 35.8 Å². The van der Waals surface area contributed by atoms with Crippen LogP contribution in [0.2, 0.25) is 0 Å². The molecule has 20 heavy (non-hydrogen) atoms. The number of hydrogen-bond donors (Lipinski definition) is 1. The molecule has 4 heteroatoms. The molecule has 0 amide bonds. The van der Waals surface area contributed by atoms with Crippen molar-refractivity contribution in [2.45, 2.75) is 33.5 Å². The van der Waals surface area contributed by atoms with Gasteiger partial charge in [-0.25, -0.2) is 0 Å². The summed E-state index contributed by atoms with van der Waals surface area (Å²) in [6, 6.07) is 8.62. The molecule has 0 aliphatic heterocycles. The van der Waals surface area contributed by atoms with E-state index in [4.69, 9.17) is 0 Å². The van der Waals surface area contributed by atoms with Crippen LogP contribution in [-0.4, -0.2) is 23.0 Å². The maximum absolute atomic E-state index is 4.57. The van der Waals surface area contributed by atoms with Crippen LogP contribution in [-0.2, 0) is 19.6 Å². The first kappa shape index (κ1) is 15.2. The number of nitrogens with one attached hydrogen (secondary N) is 1. The highest BCUT2D eigenvalue weighted by atomic mass is 32.1. The lowest BCUT2D eigenvalue weighted by Crippen LogP contribution is -2.22. The van der Waals surface area contributed by atoms with Gasteiger partial charge >= 0.3 is 0 Å². The summed E-state index contributed by atoms with van der Waals surface area (Å²) >= 11 is 1.82. The molecule has 0 bridgehead atoms. The molecule has 0 aromatic carbocycles. The fraction of sp³-hybridized carbons (Fsp3) is 0.438. The third-order valence-corrected chi connectivity index (χ3v) is 4.12.